The van der Waals surface area contributed by atoms with Gasteiger partial charge in [0.15, 0.2) is 6.61 Å². The van der Waals surface area contributed by atoms with Gasteiger partial charge >= 0.3 is 5.97 Å². The van der Waals surface area contributed by atoms with Crippen LogP contribution in [0.25, 0.3) is 0 Å². The number of aromatic hydroxyl groups is 1. The number of nitrogens with zero attached hydrogens (tertiary/aromatic N) is 1. The van der Waals surface area contributed by atoms with Crippen LogP contribution in [0.2, 0.25) is 0 Å². The van der Waals surface area contributed by atoms with Crippen molar-refractivity contribution in [2.24, 2.45) is 0 Å². The van der Waals surface area contributed by atoms with E-state index in [4.69, 9.17) is 4.74 Å². The standard InChI is InChI=1S/C11H8INO5/c12-4-1-5-18-11(15)7-8-6-9(13(16)17)2-3-10(8)14/h2-3,6,14H,5,7H2. The van der Waals surface area contributed by atoms with Crippen LogP contribution in [0, 0.1) is 20.0 Å². The van der Waals surface area contributed by atoms with E-state index in [2.05, 4.69) is 9.85 Å². The van der Waals surface area contributed by atoms with Gasteiger partial charge in [0.05, 0.1) is 11.3 Å². The Morgan fingerprint density at radius 1 is 1.56 bits per heavy atom. The Morgan fingerprint density at radius 2 is 2.28 bits per heavy atom. The Kier molecular flexibility index (Phi) is 5.38. The summed E-state index contributed by atoms with van der Waals surface area (Å²) >= 11 is 1.81. The highest BCUT2D eigenvalue weighted by Crippen LogP contribution is 2.23. The maximum Gasteiger partial charge on any atom is 0.311 e. The van der Waals surface area contributed by atoms with Crippen molar-refractivity contribution in [1.82, 2.24) is 0 Å². The molecule has 1 aromatic rings. The number of nitro groups is 1. The number of hydrogen-bond acceptors (Lipinski definition) is 5. The summed E-state index contributed by atoms with van der Waals surface area (Å²) in [6.45, 7) is -0.0442. The molecule has 0 radical (unpaired) electrons. The third-order valence-corrected chi connectivity index (χ3v) is 2.36. The summed E-state index contributed by atoms with van der Waals surface area (Å²) in [5.41, 5.74) is -0.0423. The van der Waals surface area contributed by atoms with Gasteiger partial charge < -0.3 is 9.84 Å². The third-order valence-electron chi connectivity index (χ3n) is 1.98. The van der Waals surface area contributed by atoms with E-state index in [0.29, 0.717) is 0 Å². The molecule has 0 unspecified atom stereocenters. The van der Waals surface area contributed by atoms with Crippen molar-refractivity contribution in [3.05, 3.63) is 33.9 Å². The normalized spacial score (nSPS) is 9.17. The van der Waals surface area contributed by atoms with E-state index in [1.807, 2.05) is 22.6 Å². The summed E-state index contributed by atoms with van der Waals surface area (Å²) in [6.07, 6.45) is -0.240. The smallest absolute Gasteiger partial charge is 0.311 e. The van der Waals surface area contributed by atoms with Gasteiger partial charge in [0, 0.05) is 40.3 Å². The van der Waals surface area contributed by atoms with Crippen molar-refractivity contribution in [3.63, 3.8) is 0 Å². The lowest BCUT2D eigenvalue weighted by atomic mass is 10.1. The highest BCUT2D eigenvalue weighted by molar-refractivity contribution is 14.1. The number of rotatable bonds is 4. The molecule has 0 bridgehead atoms. The number of ether oxygens (including phenoxy) is 1. The molecule has 0 spiro atoms. The van der Waals surface area contributed by atoms with Crippen molar-refractivity contribution >= 4 is 34.2 Å². The fraction of sp³-hybridized carbons (Fsp3) is 0.182. The number of carbonyl (C=O) groups is 1. The molecule has 1 aromatic carbocycles. The zero-order valence-electron chi connectivity index (χ0n) is 9.05. The number of halogens is 1. The quantitative estimate of drug-likeness (QED) is 0.290. The molecule has 0 saturated heterocycles. The summed E-state index contributed by atoms with van der Waals surface area (Å²) in [4.78, 5) is 21.3. The van der Waals surface area contributed by atoms with Crippen LogP contribution in [0.5, 0.6) is 5.75 Å². The van der Waals surface area contributed by atoms with E-state index in [1.165, 1.54) is 6.07 Å². The molecule has 0 aromatic heterocycles. The highest BCUT2D eigenvalue weighted by atomic mass is 127. The molecule has 0 aliphatic carbocycles. The van der Waals surface area contributed by atoms with E-state index in [0.717, 1.165) is 12.1 Å². The van der Waals surface area contributed by atoms with Gasteiger partial charge in [-0.15, -0.1) is 0 Å². The van der Waals surface area contributed by atoms with Crippen LogP contribution in [-0.4, -0.2) is 22.6 Å². The highest BCUT2D eigenvalue weighted by Gasteiger charge is 2.13. The van der Waals surface area contributed by atoms with Crippen LogP contribution in [0.1, 0.15) is 5.56 Å². The van der Waals surface area contributed by atoms with Crippen LogP contribution >= 0.6 is 22.6 Å². The van der Waals surface area contributed by atoms with Gasteiger partial charge in [-0.05, 0) is 9.99 Å². The Labute approximate surface area is 116 Å². The van der Waals surface area contributed by atoms with Crippen LogP contribution in [0.4, 0.5) is 5.69 Å². The van der Waals surface area contributed by atoms with Crippen molar-refractivity contribution < 1.29 is 19.6 Å². The average Bonchev–Trinajstić information content (AvgIpc) is 2.32. The molecule has 1 rings (SSSR count). The molecule has 94 valence electrons. The molecule has 0 atom stereocenters. The Bertz CT molecular complexity index is 532. The lowest BCUT2D eigenvalue weighted by Gasteiger charge is -2.03. The van der Waals surface area contributed by atoms with Gasteiger partial charge in [0.1, 0.15) is 5.75 Å². The third kappa shape index (κ3) is 4.21. The molecule has 0 saturated carbocycles. The number of non-ortho nitro benzene ring substituents is 1. The van der Waals surface area contributed by atoms with Crippen molar-refractivity contribution in [1.29, 1.82) is 0 Å². The fourth-order valence-corrected chi connectivity index (χ4v) is 1.33. The lowest BCUT2D eigenvalue weighted by molar-refractivity contribution is -0.384. The minimum Gasteiger partial charge on any atom is -0.508 e. The van der Waals surface area contributed by atoms with Crippen molar-refractivity contribution in [2.45, 2.75) is 6.42 Å². The number of nitro benzene ring substituents is 1. The number of phenols is 1. The largest absolute Gasteiger partial charge is 0.508 e. The molecule has 0 heterocycles. The molecule has 0 fully saturated rings. The van der Waals surface area contributed by atoms with Gasteiger partial charge in [-0.25, -0.2) is 0 Å². The van der Waals surface area contributed by atoms with Crippen LogP contribution < -0.4 is 0 Å². The SMILES string of the molecule is O=C(Cc1cc([N+](=O)[O-])ccc1O)OCC#CI. The van der Waals surface area contributed by atoms with E-state index in [1.54, 1.807) is 0 Å². The summed E-state index contributed by atoms with van der Waals surface area (Å²) in [7, 11) is 0. The molecular weight excluding hydrogens is 353 g/mol. The summed E-state index contributed by atoms with van der Waals surface area (Å²) in [5.74, 6) is 1.74. The average molecular weight is 361 g/mol. The molecule has 18 heavy (non-hydrogen) atoms. The molecule has 1 N–H and O–H groups in total. The van der Waals surface area contributed by atoms with Gasteiger partial charge in [-0.1, -0.05) is 5.92 Å². The second-order valence-corrected chi connectivity index (χ2v) is 3.72. The number of benzene rings is 1. The van der Waals surface area contributed by atoms with E-state index in [9.17, 15) is 20.0 Å². The molecule has 0 amide bonds. The predicted molar refractivity (Wildman–Crippen MR) is 71.2 cm³/mol. The van der Waals surface area contributed by atoms with Crippen molar-refractivity contribution in [2.75, 3.05) is 6.61 Å². The van der Waals surface area contributed by atoms with E-state index >= 15 is 0 Å². The first-order valence-corrected chi connectivity index (χ1v) is 5.83. The molecular formula is C11H8INO5. The summed E-state index contributed by atoms with van der Waals surface area (Å²) < 4.78 is 7.27. The van der Waals surface area contributed by atoms with Gasteiger partial charge in [0.2, 0.25) is 0 Å². The fourth-order valence-electron chi connectivity index (χ4n) is 1.18. The molecule has 6 nitrogen and oxygen atoms in total. The topological polar surface area (TPSA) is 89.7 Å². The first kappa shape index (κ1) is 14.2. The minimum atomic E-state index is -0.607. The monoisotopic (exact) mass is 361 g/mol. The molecule has 7 heteroatoms. The Hall–Kier alpha value is -1.82. The van der Waals surface area contributed by atoms with Crippen LogP contribution in [-0.2, 0) is 16.0 Å². The van der Waals surface area contributed by atoms with Gasteiger partial charge in [-0.3, -0.25) is 14.9 Å². The van der Waals surface area contributed by atoms with Gasteiger partial charge in [0.25, 0.3) is 5.69 Å². The predicted octanol–water partition coefficient (Wildman–Crippen LogP) is 1.78. The number of esters is 1. The number of carbonyl (C=O) groups excluding carboxylic acids is 1. The first-order chi connectivity index (χ1) is 8.54. The minimum absolute atomic E-state index is 0.0442. The first-order valence-electron chi connectivity index (χ1n) is 4.75. The molecule has 0 aliphatic rings. The lowest BCUT2D eigenvalue weighted by Crippen LogP contribution is -2.08. The number of phenolic OH excluding ortho intramolecular Hbond substituents is 1. The van der Waals surface area contributed by atoms with Crippen LogP contribution in [0.3, 0.4) is 0 Å². The summed E-state index contributed by atoms with van der Waals surface area (Å²) in [6, 6.07) is 3.47. The van der Waals surface area contributed by atoms with Crippen LogP contribution in [0.15, 0.2) is 18.2 Å². The van der Waals surface area contributed by atoms with E-state index < -0.39 is 10.9 Å². The Morgan fingerprint density at radius 3 is 2.89 bits per heavy atom. The zero-order valence-corrected chi connectivity index (χ0v) is 11.2. The molecule has 0 aliphatic heterocycles. The van der Waals surface area contributed by atoms with Crippen molar-refractivity contribution in [3.8, 4) is 15.6 Å². The zero-order chi connectivity index (χ0) is 13.5. The Balaban J connectivity index is 2.76. The van der Waals surface area contributed by atoms with E-state index in [-0.39, 0.29) is 30.0 Å². The second kappa shape index (κ2) is 6.80. The summed E-state index contributed by atoms with van der Waals surface area (Å²) in [5, 5.41) is 20.0. The maximum atomic E-state index is 11.3. The van der Waals surface area contributed by atoms with Gasteiger partial charge in [-0.2, -0.15) is 0 Å². The second-order valence-electron chi connectivity index (χ2n) is 3.18. The maximum absolute atomic E-state index is 11.3. The number of hydrogen-bond donors (Lipinski definition) is 1.